The highest BCUT2D eigenvalue weighted by atomic mass is 19.4. The quantitative estimate of drug-likeness (QED) is 0.280. The number of rotatable bonds is 8. The van der Waals surface area contributed by atoms with Gasteiger partial charge in [0, 0.05) is 5.56 Å². The average Bonchev–Trinajstić information content (AvgIpc) is 3.50. The number of aromatic nitrogens is 2. The standard InChI is InChI=1S/C24H23F6N3O2/c25-23(26,27)17-9-6-15(7-10-17)4-1-2-13-34-20-11-8-16(14-18(20)24(28,29)30)21-32-22(35-33-21)19-5-3-12-31-19/h6-11,14,19,31H,1-5,12-13H2/t19-/m0/s1. The first kappa shape index (κ1) is 25.0. The minimum atomic E-state index is -4.65. The molecule has 0 bridgehead atoms. The van der Waals surface area contributed by atoms with Gasteiger partial charge in [-0.25, -0.2) is 0 Å². The van der Waals surface area contributed by atoms with Crippen molar-refractivity contribution in [2.75, 3.05) is 13.2 Å². The second kappa shape index (κ2) is 10.3. The van der Waals surface area contributed by atoms with E-state index in [1.54, 1.807) is 0 Å². The fraction of sp³-hybridized carbons (Fsp3) is 0.417. The number of hydrogen-bond acceptors (Lipinski definition) is 5. The summed E-state index contributed by atoms with van der Waals surface area (Å²) in [7, 11) is 0. The molecule has 2 heterocycles. The van der Waals surface area contributed by atoms with Gasteiger partial charge in [0.1, 0.15) is 5.75 Å². The van der Waals surface area contributed by atoms with E-state index in [0.717, 1.165) is 37.6 Å². The van der Waals surface area contributed by atoms with Gasteiger partial charge < -0.3 is 14.6 Å². The van der Waals surface area contributed by atoms with Gasteiger partial charge >= 0.3 is 12.4 Å². The summed E-state index contributed by atoms with van der Waals surface area (Å²) < 4.78 is 89.5. The van der Waals surface area contributed by atoms with Crippen LogP contribution in [0.15, 0.2) is 47.0 Å². The van der Waals surface area contributed by atoms with Crippen molar-refractivity contribution in [3.63, 3.8) is 0 Å². The van der Waals surface area contributed by atoms with Crippen LogP contribution in [0, 0.1) is 0 Å². The minimum Gasteiger partial charge on any atom is -0.493 e. The van der Waals surface area contributed by atoms with E-state index in [0.29, 0.717) is 30.7 Å². The molecule has 1 N–H and O–H groups in total. The molecular weight excluding hydrogens is 476 g/mol. The lowest BCUT2D eigenvalue weighted by molar-refractivity contribution is -0.139. The largest absolute Gasteiger partial charge is 0.493 e. The predicted octanol–water partition coefficient (Wildman–Crippen LogP) is 6.60. The number of unbranched alkanes of at least 4 members (excludes halogenated alkanes) is 1. The maximum Gasteiger partial charge on any atom is 0.419 e. The van der Waals surface area contributed by atoms with E-state index in [1.807, 2.05) is 0 Å². The molecule has 5 nitrogen and oxygen atoms in total. The minimum absolute atomic E-state index is 0.0305. The number of nitrogens with zero attached hydrogens (tertiary/aromatic N) is 2. The molecule has 0 radical (unpaired) electrons. The summed E-state index contributed by atoms with van der Waals surface area (Å²) in [5, 5.41) is 7.01. The molecule has 1 aliphatic heterocycles. The van der Waals surface area contributed by atoms with E-state index in [2.05, 4.69) is 15.5 Å². The zero-order chi connectivity index (χ0) is 25.1. The highest BCUT2D eigenvalue weighted by Gasteiger charge is 2.35. The third-order valence-corrected chi connectivity index (χ3v) is 5.74. The number of benzene rings is 2. The summed E-state index contributed by atoms with van der Waals surface area (Å²) in [5.41, 5.74) is -0.784. The second-order valence-corrected chi connectivity index (χ2v) is 8.31. The molecule has 2 aromatic carbocycles. The Hall–Kier alpha value is -3.08. The average molecular weight is 499 g/mol. The van der Waals surface area contributed by atoms with Crippen LogP contribution in [0.25, 0.3) is 11.4 Å². The Labute approximate surface area is 197 Å². The summed E-state index contributed by atoms with van der Waals surface area (Å²) >= 11 is 0. The van der Waals surface area contributed by atoms with Gasteiger partial charge in [0.2, 0.25) is 11.7 Å². The van der Waals surface area contributed by atoms with Gasteiger partial charge in [-0.2, -0.15) is 31.3 Å². The van der Waals surface area contributed by atoms with Crippen LogP contribution in [-0.4, -0.2) is 23.3 Å². The van der Waals surface area contributed by atoms with Gasteiger partial charge in [-0.1, -0.05) is 17.3 Å². The molecule has 3 aromatic rings. The van der Waals surface area contributed by atoms with Crippen LogP contribution in [0.4, 0.5) is 26.3 Å². The van der Waals surface area contributed by atoms with Crippen LogP contribution in [0.2, 0.25) is 0 Å². The van der Waals surface area contributed by atoms with Crippen LogP contribution in [0.5, 0.6) is 5.75 Å². The second-order valence-electron chi connectivity index (χ2n) is 8.31. The molecule has 0 unspecified atom stereocenters. The Bertz CT molecular complexity index is 1120. The van der Waals surface area contributed by atoms with E-state index in [-0.39, 0.29) is 29.8 Å². The lowest BCUT2D eigenvalue weighted by atomic mass is 10.1. The van der Waals surface area contributed by atoms with Crippen LogP contribution >= 0.6 is 0 Å². The monoisotopic (exact) mass is 499 g/mol. The Morgan fingerprint density at radius 2 is 1.74 bits per heavy atom. The highest BCUT2D eigenvalue weighted by Crippen LogP contribution is 2.39. The van der Waals surface area contributed by atoms with E-state index in [9.17, 15) is 26.3 Å². The van der Waals surface area contributed by atoms with Crippen LogP contribution in [0.1, 0.15) is 54.3 Å². The molecule has 0 saturated carbocycles. The van der Waals surface area contributed by atoms with Gasteiger partial charge in [0.25, 0.3) is 0 Å². The Morgan fingerprint density at radius 1 is 0.971 bits per heavy atom. The van der Waals surface area contributed by atoms with Gasteiger partial charge in [-0.05, 0) is 74.5 Å². The van der Waals surface area contributed by atoms with Gasteiger partial charge in [-0.3, -0.25) is 0 Å². The van der Waals surface area contributed by atoms with Crippen molar-refractivity contribution in [3.05, 3.63) is 65.0 Å². The molecule has 188 valence electrons. The van der Waals surface area contributed by atoms with Gasteiger partial charge in [0.05, 0.1) is 23.8 Å². The van der Waals surface area contributed by atoms with Crippen molar-refractivity contribution in [2.45, 2.75) is 50.5 Å². The molecule has 0 amide bonds. The van der Waals surface area contributed by atoms with E-state index in [4.69, 9.17) is 9.26 Å². The van der Waals surface area contributed by atoms with Crippen molar-refractivity contribution >= 4 is 0 Å². The molecule has 1 fully saturated rings. The lowest BCUT2D eigenvalue weighted by Crippen LogP contribution is -2.13. The Kier molecular flexibility index (Phi) is 7.34. The van der Waals surface area contributed by atoms with Crippen molar-refractivity contribution in [3.8, 4) is 17.1 Å². The smallest absolute Gasteiger partial charge is 0.419 e. The van der Waals surface area contributed by atoms with Gasteiger partial charge in [-0.15, -0.1) is 0 Å². The van der Waals surface area contributed by atoms with Crippen molar-refractivity contribution in [1.82, 2.24) is 15.5 Å². The Balaban J connectivity index is 1.35. The molecule has 11 heteroatoms. The number of alkyl halides is 6. The zero-order valence-corrected chi connectivity index (χ0v) is 18.5. The number of nitrogens with one attached hydrogen (secondary N) is 1. The molecular formula is C24H23F6N3O2. The fourth-order valence-corrected chi connectivity index (χ4v) is 3.88. The van der Waals surface area contributed by atoms with E-state index < -0.39 is 23.5 Å². The first-order valence-electron chi connectivity index (χ1n) is 11.2. The van der Waals surface area contributed by atoms with Gasteiger partial charge in [0.15, 0.2) is 0 Å². The molecule has 4 rings (SSSR count). The third-order valence-electron chi connectivity index (χ3n) is 5.74. The molecule has 1 atom stereocenters. The molecule has 1 aromatic heterocycles. The van der Waals surface area contributed by atoms with Crippen LogP contribution in [0.3, 0.4) is 0 Å². The van der Waals surface area contributed by atoms with E-state index >= 15 is 0 Å². The molecule has 1 aliphatic rings. The molecule has 1 saturated heterocycles. The number of halogens is 6. The Morgan fingerprint density at radius 3 is 2.40 bits per heavy atom. The summed E-state index contributed by atoms with van der Waals surface area (Å²) in [6, 6.07) is 8.35. The highest BCUT2D eigenvalue weighted by molar-refractivity contribution is 5.59. The summed E-state index contributed by atoms with van der Waals surface area (Å²) in [6.07, 6.45) is -5.79. The number of hydrogen-bond donors (Lipinski definition) is 1. The normalized spacial score (nSPS) is 16.6. The van der Waals surface area contributed by atoms with Crippen LogP contribution < -0.4 is 10.1 Å². The summed E-state index contributed by atoms with van der Waals surface area (Å²) in [6.45, 7) is 0.847. The number of aryl methyl sites for hydroxylation is 1. The summed E-state index contributed by atoms with van der Waals surface area (Å²) in [4.78, 5) is 4.24. The predicted molar refractivity (Wildman–Crippen MR) is 115 cm³/mol. The van der Waals surface area contributed by atoms with Crippen molar-refractivity contribution in [2.24, 2.45) is 0 Å². The fourth-order valence-electron chi connectivity index (χ4n) is 3.88. The maximum atomic E-state index is 13.7. The summed E-state index contributed by atoms with van der Waals surface area (Å²) in [5.74, 6) is 0.110. The first-order chi connectivity index (χ1) is 16.6. The van der Waals surface area contributed by atoms with Crippen molar-refractivity contribution < 1.29 is 35.6 Å². The maximum absolute atomic E-state index is 13.7. The van der Waals surface area contributed by atoms with E-state index in [1.165, 1.54) is 24.3 Å². The lowest BCUT2D eigenvalue weighted by Gasteiger charge is -2.15. The molecule has 35 heavy (non-hydrogen) atoms. The zero-order valence-electron chi connectivity index (χ0n) is 18.5. The van der Waals surface area contributed by atoms with Crippen LogP contribution in [-0.2, 0) is 18.8 Å². The SMILES string of the molecule is FC(F)(F)c1ccc(CCCCOc2ccc(-c3noc([C@@H]4CCCN4)n3)cc2C(F)(F)F)cc1. The third kappa shape index (κ3) is 6.33. The molecule has 0 aliphatic carbocycles. The first-order valence-corrected chi connectivity index (χ1v) is 11.2. The molecule has 0 spiro atoms. The topological polar surface area (TPSA) is 60.2 Å². The number of ether oxygens (including phenoxy) is 1. The van der Waals surface area contributed by atoms with Crippen molar-refractivity contribution in [1.29, 1.82) is 0 Å².